The lowest BCUT2D eigenvalue weighted by Gasteiger charge is -2.17. The molecule has 0 radical (unpaired) electrons. The van der Waals surface area contributed by atoms with Crippen LogP contribution in [0.3, 0.4) is 0 Å². The van der Waals surface area contributed by atoms with Gasteiger partial charge in [0.25, 0.3) is 0 Å². The minimum Gasteiger partial charge on any atom is -0.351 e. The number of carbonyl (C=O) groups is 2. The molecule has 138 valence electrons. The van der Waals surface area contributed by atoms with Crippen LogP contribution < -0.4 is 5.32 Å². The van der Waals surface area contributed by atoms with Crippen LogP contribution in [0.25, 0.3) is 0 Å². The number of amides is 2. The molecule has 2 aromatic rings. The first kappa shape index (κ1) is 18.6. The number of carbonyl (C=O) groups excluding carboxylic acids is 2. The number of hydrogen-bond donors (Lipinski definition) is 1. The zero-order valence-corrected chi connectivity index (χ0v) is 16.1. The van der Waals surface area contributed by atoms with Crippen molar-refractivity contribution in [3.05, 3.63) is 51.5 Å². The Kier molecular flexibility index (Phi) is 6.04. The molecule has 1 atom stereocenters. The van der Waals surface area contributed by atoms with Crippen molar-refractivity contribution < 1.29 is 9.59 Å². The molecule has 1 saturated heterocycles. The molecule has 1 aliphatic rings. The second-order valence-electron chi connectivity index (χ2n) is 6.82. The summed E-state index contributed by atoms with van der Waals surface area (Å²) in [6.07, 6.45) is 2.65. The van der Waals surface area contributed by atoms with Gasteiger partial charge >= 0.3 is 0 Å². The minimum atomic E-state index is -0.0824. The van der Waals surface area contributed by atoms with E-state index < -0.39 is 0 Å². The Morgan fingerprint density at radius 3 is 2.77 bits per heavy atom. The number of hydrogen-bond acceptors (Lipinski definition) is 4. The molecule has 0 bridgehead atoms. The SMILES string of the molecule is Cc1nc(C)c(CC(=O)N[C@H]2CC(=O)N(CCCc3ccccc3)C2)s1. The molecule has 3 rings (SSSR count). The van der Waals surface area contributed by atoms with E-state index >= 15 is 0 Å². The van der Waals surface area contributed by atoms with E-state index in [-0.39, 0.29) is 17.9 Å². The second kappa shape index (κ2) is 8.45. The van der Waals surface area contributed by atoms with Crippen molar-refractivity contribution >= 4 is 23.2 Å². The summed E-state index contributed by atoms with van der Waals surface area (Å²) in [5, 5.41) is 3.99. The van der Waals surface area contributed by atoms with Gasteiger partial charge < -0.3 is 10.2 Å². The number of thiazole rings is 1. The van der Waals surface area contributed by atoms with Crippen molar-refractivity contribution in [1.29, 1.82) is 0 Å². The van der Waals surface area contributed by atoms with Crippen LogP contribution >= 0.6 is 11.3 Å². The van der Waals surface area contributed by atoms with E-state index in [1.807, 2.05) is 36.9 Å². The van der Waals surface area contributed by atoms with Gasteiger partial charge in [-0.25, -0.2) is 4.98 Å². The van der Waals surface area contributed by atoms with E-state index in [1.54, 1.807) is 11.3 Å². The van der Waals surface area contributed by atoms with Crippen molar-refractivity contribution in [3.8, 4) is 0 Å². The Balaban J connectivity index is 1.43. The Morgan fingerprint density at radius 2 is 2.08 bits per heavy atom. The van der Waals surface area contributed by atoms with Gasteiger partial charge in [-0.2, -0.15) is 0 Å². The third kappa shape index (κ3) is 4.91. The highest BCUT2D eigenvalue weighted by molar-refractivity contribution is 7.11. The molecule has 2 amide bonds. The van der Waals surface area contributed by atoms with Crippen LogP contribution in [0.2, 0.25) is 0 Å². The molecule has 5 nitrogen and oxygen atoms in total. The van der Waals surface area contributed by atoms with Gasteiger partial charge in [-0.3, -0.25) is 9.59 Å². The molecule has 1 aliphatic heterocycles. The van der Waals surface area contributed by atoms with Crippen molar-refractivity contribution in [3.63, 3.8) is 0 Å². The summed E-state index contributed by atoms with van der Waals surface area (Å²) in [4.78, 5) is 31.7. The molecule has 0 spiro atoms. The zero-order valence-electron chi connectivity index (χ0n) is 15.3. The highest BCUT2D eigenvalue weighted by Crippen LogP contribution is 2.18. The maximum absolute atomic E-state index is 12.3. The van der Waals surface area contributed by atoms with Gasteiger partial charge in [-0.05, 0) is 32.3 Å². The number of aryl methyl sites for hydroxylation is 3. The van der Waals surface area contributed by atoms with Crippen molar-refractivity contribution in [2.24, 2.45) is 0 Å². The summed E-state index contributed by atoms with van der Waals surface area (Å²) in [6, 6.07) is 10.2. The highest BCUT2D eigenvalue weighted by Gasteiger charge is 2.30. The Morgan fingerprint density at radius 1 is 1.31 bits per heavy atom. The van der Waals surface area contributed by atoms with Crippen LogP contribution in [0, 0.1) is 13.8 Å². The first-order valence-corrected chi connectivity index (χ1v) is 9.87. The highest BCUT2D eigenvalue weighted by atomic mass is 32.1. The maximum Gasteiger partial charge on any atom is 0.225 e. The fourth-order valence-electron chi connectivity index (χ4n) is 3.37. The van der Waals surface area contributed by atoms with Gasteiger partial charge in [0, 0.05) is 24.4 Å². The average molecular weight is 372 g/mol. The number of rotatable bonds is 7. The molecule has 1 N–H and O–H groups in total. The van der Waals surface area contributed by atoms with Crippen LogP contribution in [0.1, 0.15) is 34.0 Å². The number of nitrogens with one attached hydrogen (secondary N) is 1. The normalized spacial score (nSPS) is 16.9. The van der Waals surface area contributed by atoms with Gasteiger partial charge in [0.15, 0.2) is 0 Å². The lowest BCUT2D eigenvalue weighted by molar-refractivity contribution is -0.127. The van der Waals surface area contributed by atoms with Gasteiger partial charge in [-0.1, -0.05) is 30.3 Å². The number of benzene rings is 1. The predicted octanol–water partition coefficient (Wildman–Crippen LogP) is 2.65. The molecule has 6 heteroatoms. The maximum atomic E-state index is 12.3. The quantitative estimate of drug-likeness (QED) is 0.814. The van der Waals surface area contributed by atoms with Crippen LogP contribution in [-0.4, -0.2) is 40.8 Å². The van der Waals surface area contributed by atoms with E-state index in [4.69, 9.17) is 0 Å². The summed E-state index contributed by atoms with van der Waals surface area (Å²) in [5.41, 5.74) is 2.21. The van der Waals surface area contributed by atoms with E-state index in [0.717, 1.165) is 35.0 Å². The first-order valence-electron chi connectivity index (χ1n) is 9.05. The van der Waals surface area contributed by atoms with Crippen LogP contribution in [0.4, 0.5) is 0 Å². The van der Waals surface area contributed by atoms with Gasteiger partial charge in [-0.15, -0.1) is 11.3 Å². The molecule has 0 unspecified atom stereocenters. The molecule has 0 aliphatic carbocycles. The predicted molar refractivity (Wildman–Crippen MR) is 103 cm³/mol. The summed E-state index contributed by atoms with van der Waals surface area (Å²) in [5.74, 6) is 0.105. The minimum absolute atomic E-state index is 0.0271. The van der Waals surface area contributed by atoms with Crippen molar-refractivity contribution in [2.75, 3.05) is 13.1 Å². The monoisotopic (exact) mass is 371 g/mol. The Bertz CT molecular complexity index is 773. The molecular formula is C20H25N3O2S. The fraction of sp³-hybridized carbons (Fsp3) is 0.450. The van der Waals surface area contributed by atoms with Gasteiger partial charge in [0.2, 0.25) is 11.8 Å². The second-order valence-corrected chi connectivity index (χ2v) is 8.10. The van der Waals surface area contributed by atoms with Gasteiger partial charge in [0.1, 0.15) is 0 Å². The number of likely N-dealkylation sites (tertiary alicyclic amines) is 1. The Labute approximate surface area is 158 Å². The standard InChI is InChI=1S/C20H25N3O2S/c1-14-18(26-15(2)21-14)12-19(24)22-17-11-20(25)23(13-17)10-6-9-16-7-4-3-5-8-16/h3-5,7-8,17H,6,9-13H2,1-2H3,(H,22,24)/t17-/m0/s1. The third-order valence-electron chi connectivity index (χ3n) is 4.64. The van der Waals surface area contributed by atoms with Crippen LogP contribution in [-0.2, 0) is 22.4 Å². The average Bonchev–Trinajstić information content (AvgIpc) is 3.10. The summed E-state index contributed by atoms with van der Waals surface area (Å²) < 4.78 is 0. The smallest absolute Gasteiger partial charge is 0.225 e. The molecule has 2 heterocycles. The van der Waals surface area contributed by atoms with Gasteiger partial charge in [0.05, 0.1) is 23.2 Å². The molecule has 1 fully saturated rings. The van der Waals surface area contributed by atoms with Crippen LogP contribution in [0.5, 0.6) is 0 Å². The fourth-order valence-corrected chi connectivity index (χ4v) is 4.30. The largest absolute Gasteiger partial charge is 0.351 e. The summed E-state index contributed by atoms with van der Waals surface area (Å²) >= 11 is 1.56. The first-order chi connectivity index (χ1) is 12.5. The molecule has 26 heavy (non-hydrogen) atoms. The molecule has 0 saturated carbocycles. The lowest BCUT2D eigenvalue weighted by atomic mass is 10.1. The van der Waals surface area contributed by atoms with E-state index in [9.17, 15) is 9.59 Å². The van der Waals surface area contributed by atoms with Crippen LogP contribution in [0.15, 0.2) is 30.3 Å². The Hall–Kier alpha value is -2.21. The third-order valence-corrected chi connectivity index (χ3v) is 5.71. The molecular weight excluding hydrogens is 346 g/mol. The topological polar surface area (TPSA) is 62.3 Å². The van der Waals surface area contributed by atoms with E-state index in [2.05, 4.69) is 22.4 Å². The zero-order chi connectivity index (χ0) is 18.5. The number of nitrogens with zero attached hydrogens (tertiary/aromatic N) is 2. The summed E-state index contributed by atoms with van der Waals surface area (Å²) in [6.45, 7) is 5.23. The van der Waals surface area contributed by atoms with Crippen molar-refractivity contribution in [1.82, 2.24) is 15.2 Å². The lowest BCUT2D eigenvalue weighted by Crippen LogP contribution is -2.38. The van der Waals surface area contributed by atoms with E-state index in [1.165, 1.54) is 5.56 Å². The number of aromatic nitrogens is 1. The summed E-state index contributed by atoms with van der Waals surface area (Å²) in [7, 11) is 0. The van der Waals surface area contributed by atoms with Crippen molar-refractivity contribution in [2.45, 2.75) is 45.6 Å². The van der Waals surface area contributed by atoms with E-state index in [0.29, 0.717) is 19.4 Å². The molecule has 1 aromatic heterocycles. The molecule has 1 aromatic carbocycles.